The monoisotopic (exact) mass is 343 g/mol. The minimum absolute atomic E-state index is 0.0673. The van der Waals surface area contributed by atoms with Crippen LogP contribution in [-0.2, 0) is 14.8 Å². The van der Waals surface area contributed by atoms with Crippen LogP contribution in [0.15, 0.2) is 16.6 Å². The first-order valence-corrected chi connectivity index (χ1v) is 7.44. The Balaban J connectivity index is 2.81. The zero-order chi connectivity index (χ0) is 13.8. The smallest absolute Gasteiger partial charge is 0.232 e. The summed E-state index contributed by atoms with van der Waals surface area (Å²) in [6, 6.07) is 1.65. The van der Waals surface area contributed by atoms with Crippen molar-refractivity contribution in [1.82, 2.24) is 0 Å². The lowest BCUT2D eigenvalue weighted by Crippen LogP contribution is -2.18. The second-order valence-corrected chi connectivity index (χ2v) is 6.21. The molecule has 0 bridgehead atoms. The van der Waals surface area contributed by atoms with Gasteiger partial charge in [0.1, 0.15) is 11.6 Å². The highest BCUT2D eigenvalue weighted by atomic mass is 79.9. The van der Waals surface area contributed by atoms with Crippen LogP contribution in [0.25, 0.3) is 0 Å². The molecule has 0 atom stereocenters. The molecule has 0 unspecified atom stereocenters. The summed E-state index contributed by atoms with van der Waals surface area (Å²) < 4.78 is 56.3. The van der Waals surface area contributed by atoms with E-state index in [1.54, 1.807) is 0 Å². The summed E-state index contributed by atoms with van der Waals surface area (Å²) >= 11 is 2.80. The minimum atomic E-state index is -3.71. The SMILES string of the molecule is COCCCS(=O)(=O)Nc1cc(F)c(Br)cc1F. The highest BCUT2D eigenvalue weighted by Gasteiger charge is 2.15. The number of hydrogen-bond donors (Lipinski definition) is 1. The van der Waals surface area contributed by atoms with Crippen LogP contribution in [0, 0.1) is 11.6 Å². The van der Waals surface area contributed by atoms with E-state index in [2.05, 4.69) is 15.9 Å². The Bertz CT molecular complexity index is 522. The average molecular weight is 344 g/mol. The third-order valence-corrected chi connectivity index (χ3v) is 4.00. The number of hydrogen-bond acceptors (Lipinski definition) is 3. The van der Waals surface area contributed by atoms with Crippen molar-refractivity contribution in [2.45, 2.75) is 6.42 Å². The largest absolute Gasteiger partial charge is 0.385 e. The van der Waals surface area contributed by atoms with Crippen molar-refractivity contribution in [3.05, 3.63) is 28.2 Å². The number of nitrogens with one attached hydrogen (secondary N) is 1. The lowest BCUT2D eigenvalue weighted by Gasteiger charge is -2.09. The number of halogens is 3. The highest BCUT2D eigenvalue weighted by molar-refractivity contribution is 9.10. The molecule has 18 heavy (non-hydrogen) atoms. The van der Waals surface area contributed by atoms with Crippen LogP contribution in [0.2, 0.25) is 0 Å². The molecule has 0 spiro atoms. The molecule has 0 aliphatic heterocycles. The molecule has 0 aromatic heterocycles. The van der Waals surface area contributed by atoms with Gasteiger partial charge in [-0.1, -0.05) is 0 Å². The Hall–Kier alpha value is -0.730. The van der Waals surface area contributed by atoms with Gasteiger partial charge in [0.25, 0.3) is 0 Å². The van der Waals surface area contributed by atoms with Crippen LogP contribution in [-0.4, -0.2) is 27.9 Å². The Labute approximate surface area is 113 Å². The molecule has 0 saturated heterocycles. The first-order valence-electron chi connectivity index (χ1n) is 4.99. The highest BCUT2D eigenvalue weighted by Crippen LogP contribution is 2.24. The zero-order valence-corrected chi connectivity index (χ0v) is 11.9. The van der Waals surface area contributed by atoms with Gasteiger partial charge in [-0.15, -0.1) is 0 Å². The van der Waals surface area contributed by atoms with E-state index in [4.69, 9.17) is 4.74 Å². The van der Waals surface area contributed by atoms with Crippen molar-refractivity contribution in [3.8, 4) is 0 Å². The number of methoxy groups -OCH3 is 1. The molecule has 0 aliphatic carbocycles. The molecule has 1 N–H and O–H groups in total. The van der Waals surface area contributed by atoms with E-state index in [-0.39, 0.29) is 23.3 Å². The van der Waals surface area contributed by atoms with Gasteiger partial charge in [-0.2, -0.15) is 0 Å². The van der Waals surface area contributed by atoms with Gasteiger partial charge in [-0.05, 0) is 28.4 Å². The molecule has 4 nitrogen and oxygen atoms in total. The van der Waals surface area contributed by atoms with Crippen LogP contribution < -0.4 is 4.72 Å². The van der Waals surface area contributed by atoms with Crippen LogP contribution in [0.5, 0.6) is 0 Å². The van der Waals surface area contributed by atoms with E-state index in [1.165, 1.54) is 7.11 Å². The average Bonchev–Trinajstić information content (AvgIpc) is 2.26. The molecule has 1 rings (SSSR count). The van der Waals surface area contributed by atoms with Gasteiger partial charge < -0.3 is 4.74 Å². The van der Waals surface area contributed by atoms with E-state index in [1.807, 2.05) is 4.72 Å². The summed E-state index contributed by atoms with van der Waals surface area (Å²) in [4.78, 5) is 0. The summed E-state index contributed by atoms with van der Waals surface area (Å²) in [5, 5.41) is 0. The standard InChI is InChI=1S/C10H12BrF2NO3S/c1-17-3-2-4-18(15,16)14-10-6-8(12)7(11)5-9(10)13/h5-6,14H,2-4H2,1H3. The first kappa shape index (κ1) is 15.3. The van der Waals surface area contributed by atoms with Crippen molar-refractivity contribution in [1.29, 1.82) is 0 Å². The molecule has 0 amide bonds. The second-order valence-electron chi connectivity index (χ2n) is 3.51. The molecule has 0 fully saturated rings. The van der Waals surface area contributed by atoms with E-state index < -0.39 is 27.3 Å². The molecular formula is C10H12BrF2NO3S. The third kappa shape index (κ3) is 4.51. The predicted molar refractivity (Wildman–Crippen MR) is 68.0 cm³/mol. The predicted octanol–water partition coefficient (Wildman–Crippen LogP) is 2.51. The molecule has 0 radical (unpaired) electrons. The number of sulfonamides is 1. The minimum Gasteiger partial charge on any atom is -0.385 e. The molecule has 0 aliphatic rings. The first-order chi connectivity index (χ1) is 8.35. The van der Waals surface area contributed by atoms with Crippen molar-refractivity contribution >= 4 is 31.6 Å². The number of anilines is 1. The molecule has 0 saturated carbocycles. The number of benzene rings is 1. The molecule has 8 heteroatoms. The van der Waals surface area contributed by atoms with Gasteiger partial charge in [0.05, 0.1) is 15.9 Å². The van der Waals surface area contributed by atoms with Crippen LogP contribution in [0.3, 0.4) is 0 Å². The van der Waals surface area contributed by atoms with Gasteiger partial charge >= 0.3 is 0 Å². The van der Waals surface area contributed by atoms with Crippen LogP contribution in [0.1, 0.15) is 6.42 Å². The van der Waals surface area contributed by atoms with E-state index in [0.29, 0.717) is 0 Å². The van der Waals surface area contributed by atoms with Gasteiger partial charge in [-0.25, -0.2) is 17.2 Å². The van der Waals surface area contributed by atoms with Gasteiger partial charge in [0, 0.05) is 19.8 Å². The maximum absolute atomic E-state index is 13.4. The zero-order valence-electron chi connectivity index (χ0n) is 9.54. The van der Waals surface area contributed by atoms with Gasteiger partial charge in [-0.3, -0.25) is 4.72 Å². The second kappa shape index (κ2) is 6.44. The van der Waals surface area contributed by atoms with Crippen molar-refractivity contribution in [2.75, 3.05) is 24.2 Å². The molecule has 1 aromatic carbocycles. The van der Waals surface area contributed by atoms with Gasteiger partial charge in [0.15, 0.2) is 0 Å². The van der Waals surface area contributed by atoms with Crippen molar-refractivity contribution in [3.63, 3.8) is 0 Å². The summed E-state index contributed by atoms with van der Waals surface area (Å²) in [5.41, 5.74) is -0.409. The Kier molecular flexibility index (Phi) is 5.48. The fourth-order valence-electron chi connectivity index (χ4n) is 1.21. The van der Waals surface area contributed by atoms with Crippen LogP contribution in [0.4, 0.5) is 14.5 Å². The van der Waals surface area contributed by atoms with Crippen molar-refractivity contribution < 1.29 is 21.9 Å². The summed E-state index contributed by atoms with van der Waals surface area (Å²) in [5.74, 6) is -1.82. The normalized spacial score (nSPS) is 11.6. The van der Waals surface area contributed by atoms with E-state index in [9.17, 15) is 17.2 Å². The Morgan fingerprint density at radius 3 is 2.61 bits per heavy atom. The van der Waals surface area contributed by atoms with Crippen LogP contribution >= 0.6 is 15.9 Å². The molecule has 102 valence electrons. The van der Waals surface area contributed by atoms with E-state index >= 15 is 0 Å². The molecule has 0 heterocycles. The summed E-state index contributed by atoms with van der Waals surface area (Å²) in [7, 11) is -2.26. The van der Waals surface area contributed by atoms with Crippen molar-refractivity contribution in [2.24, 2.45) is 0 Å². The fourth-order valence-corrected chi connectivity index (χ4v) is 2.62. The molecular weight excluding hydrogens is 332 g/mol. The lowest BCUT2D eigenvalue weighted by atomic mass is 10.3. The maximum Gasteiger partial charge on any atom is 0.232 e. The maximum atomic E-state index is 13.4. The number of rotatable bonds is 6. The Morgan fingerprint density at radius 2 is 2.00 bits per heavy atom. The quantitative estimate of drug-likeness (QED) is 0.637. The number of ether oxygens (including phenoxy) is 1. The third-order valence-electron chi connectivity index (χ3n) is 2.04. The summed E-state index contributed by atoms with van der Waals surface area (Å²) in [6.07, 6.45) is 0.270. The van der Waals surface area contributed by atoms with E-state index in [0.717, 1.165) is 12.1 Å². The fraction of sp³-hybridized carbons (Fsp3) is 0.400. The van der Waals surface area contributed by atoms with Gasteiger partial charge in [0.2, 0.25) is 10.0 Å². The summed E-state index contributed by atoms with van der Waals surface area (Å²) in [6.45, 7) is 0.276. The topological polar surface area (TPSA) is 55.4 Å². The Morgan fingerprint density at radius 1 is 1.33 bits per heavy atom. The lowest BCUT2D eigenvalue weighted by molar-refractivity contribution is 0.199. The molecule has 1 aromatic rings.